The molecule has 0 aromatic heterocycles. The second-order valence-electron chi connectivity index (χ2n) is 7.78. The van der Waals surface area contributed by atoms with Crippen molar-refractivity contribution in [1.82, 2.24) is 0 Å². The fraction of sp³-hybridized carbons (Fsp3) is 0.250. The fourth-order valence-corrected chi connectivity index (χ4v) is 4.21. The van der Waals surface area contributed by atoms with Crippen molar-refractivity contribution >= 4 is 34.1 Å². The SMILES string of the molecule is CCOC(=O)c1ccc(C2=NOC(c3cc(Cl)cc(C(F)(F)F)c3)(C(F)(F)F)C2)c2ccccc12. The van der Waals surface area contributed by atoms with Crippen molar-refractivity contribution in [3.05, 3.63) is 81.9 Å². The highest BCUT2D eigenvalue weighted by molar-refractivity contribution is 6.30. The largest absolute Gasteiger partial charge is 0.462 e. The number of rotatable bonds is 4. The summed E-state index contributed by atoms with van der Waals surface area (Å²) < 4.78 is 87.9. The lowest BCUT2D eigenvalue weighted by Crippen LogP contribution is -2.43. The van der Waals surface area contributed by atoms with E-state index in [1.165, 1.54) is 12.1 Å². The predicted molar refractivity (Wildman–Crippen MR) is 116 cm³/mol. The Bertz CT molecular complexity index is 1340. The molecule has 1 aliphatic heterocycles. The summed E-state index contributed by atoms with van der Waals surface area (Å²) in [6.07, 6.45) is -11.0. The van der Waals surface area contributed by atoms with Gasteiger partial charge in [0.2, 0.25) is 0 Å². The number of alkyl halides is 6. The van der Waals surface area contributed by atoms with Crippen LogP contribution in [0.2, 0.25) is 5.02 Å². The molecule has 0 bridgehead atoms. The second kappa shape index (κ2) is 8.75. The minimum absolute atomic E-state index is 0.128. The van der Waals surface area contributed by atoms with E-state index in [0.29, 0.717) is 22.9 Å². The molecule has 0 saturated carbocycles. The Morgan fingerprint density at radius 1 is 1.06 bits per heavy atom. The van der Waals surface area contributed by atoms with Crippen LogP contribution in [0.15, 0.2) is 59.8 Å². The first-order chi connectivity index (χ1) is 16.4. The van der Waals surface area contributed by atoms with Crippen LogP contribution in [0.4, 0.5) is 26.3 Å². The van der Waals surface area contributed by atoms with E-state index in [1.807, 2.05) is 0 Å². The van der Waals surface area contributed by atoms with Gasteiger partial charge in [-0.1, -0.05) is 47.1 Å². The molecular formula is C24H16ClF6NO3. The Morgan fingerprint density at radius 3 is 2.37 bits per heavy atom. The molecule has 3 aromatic carbocycles. The van der Waals surface area contributed by atoms with E-state index < -0.39 is 46.5 Å². The first kappa shape index (κ1) is 24.8. The summed E-state index contributed by atoms with van der Waals surface area (Å²) in [6, 6.07) is 10.9. The van der Waals surface area contributed by atoms with E-state index in [-0.39, 0.29) is 23.4 Å². The van der Waals surface area contributed by atoms with E-state index >= 15 is 0 Å². The number of nitrogens with zero attached hydrogens (tertiary/aromatic N) is 1. The highest BCUT2D eigenvalue weighted by Gasteiger charge is 2.62. The van der Waals surface area contributed by atoms with Crippen LogP contribution in [0.1, 0.15) is 40.4 Å². The maximum Gasteiger partial charge on any atom is 0.435 e. The van der Waals surface area contributed by atoms with Gasteiger partial charge in [-0.15, -0.1) is 0 Å². The molecule has 4 rings (SSSR count). The van der Waals surface area contributed by atoms with Gasteiger partial charge in [-0.3, -0.25) is 0 Å². The maximum absolute atomic E-state index is 14.3. The molecule has 0 radical (unpaired) electrons. The van der Waals surface area contributed by atoms with Gasteiger partial charge in [0.25, 0.3) is 5.60 Å². The number of ether oxygens (including phenoxy) is 1. The quantitative estimate of drug-likeness (QED) is 0.271. The smallest absolute Gasteiger partial charge is 0.435 e. The summed E-state index contributed by atoms with van der Waals surface area (Å²) in [4.78, 5) is 17.2. The second-order valence-corrected chi connectivity index (χ2v) is 8.22. The summed E-state index contributed by atoms with van der Waals surface area (Å²) in [7, 11) is 0. The number of esters is 1. The molecule has 35 heavy (non-hydrogen) atoms. The third-order valence-corrected chi connectivity index (χ3v) is 5.83. The average molecular weight is 516 g/mol. The normalized spacial score (nSPS) is 18.3. The molecule has 4 nitrogen and oxygen atoms in total. The molecule has 1 unspecified atom stereocenters. The molecule has 0 spiro atoms. The molecule has 0 amide bonds. The van der Waals surface area contributed by atoms with Crippen LogP contribution < -0.4 is 0 Å². The summed E-state index contributed by atoms with van der Waals surface area (Å²) in [5.74, 6) is -0.608. The first-order valence-electron chi connectivity index (χ1n) is 10.3. The molecule has 11 heteroatoms. The summed E-state index contributed by atoms with van der Waals surface area (Å²) in [5, 5.41) is 3.93. The fourth-order valence-electron chi connectivity index (χ4n) is 3.97. The lowest BCUT2D eigenvalue weighted by Gasteiger charge is -2.30. The van der Waals surface area contributed by atoms with Crippen molar-refractivity contribution in [3.8, 4) is 0 Å². The van der Waals surface area contributed by atoms with Crippen LogP contribution in [0.5, 0.6) is 0 Å². The standard InChI is InChI=1S/C24H16ClF6NO3/c1-2-34-21(33)19-8-7-18(16-5-3-4-6-17(16)19)20-12-22(35-32-20,24(29,30)31)13-9-14(23(26,27)28)11-15(25)10-13/h3-11H,2,12H2,1H3. The third kappa shape index (κ3) is 4.42. The van der Waals surface area contributed by atoms with Crippen LogP contribution in [0.25, 0.3) is 10.8 Å². The minimum atomic E-state index is -5.13. The Morgan fingerprint density at radius 2 is 1.74 bits per heavy atom. The molecule has 184 valence electrons. The predicted octanol–water partition coefficient (Wildman–Crippen LogP) is 7.27. The Kier molecular flexibility index (Phi) is 6.21. The van der Waals surface area contributed by atoms with Crippen LogP contribution >= 0.6 is 11.6 Å². The van der Waals surface area contributed by atoms with Crippen molar-refractivity contribution < 1.29 is 40.7 Å². The number of halogens is 7. The summed E-state index contributed by atoms with van der Waals surface area (Å²) >= 11 is 5.75. The Labute approximate surface area is 200 Å². The maximum atomic E-state index is 14.3. The van der Waals surface area contributed by atoms with Gasteiger partial charge in [-0.2, -0.15) is 26.3 Å². The highest BCUT2D eigenvalue weighted by atomic mass is 35.5. The number of benzene rings is 3. The van der Waals surface area contributed by atoms with Gasteiger partial charge in [-0.25, -0.2) is 4.79 Å². The number of oxime groups is 1. The van der Waals surface area contributed by atoms with Gasteiger partial charge in [0, 0.05) is 22.6 Å². The molecule has 0 aliphatic carbocycles. The van der Waals surface area contributed by atoms with Crippen LogP contribution in [-0.4, -0.2) is 24.5 Å². The third-order valence-electron chi connectivity index (χ3n) is 5.61. The highest BCUT2D eigenvalue weighted by Crippen LogP contribution is 2.50. The van der Waals surface area contributed by atoms with Crippen LogP contribution in [-0.2, 0) is 21.4 Å². The Hall–Kier alpha value is -3.27. The van der Waals surface area contributed by atoms with Crippen molar-refractivity contribution in [2.45, 2.75) is 31.3 Å². The molecule has 0 saturated heterocycles. The Balaban J connectivity index is 1.82. The summed E-state index contributed by atoms with van der Waals surface area (Å²) in [5.41, 5.74) is -5.06. The van der Waals surface area contributed by atoms with Gasteiger partial charge in [0.05, 0.1) is 23.4 Å². The van der Waals surface area contributed by atoms with Crippen molar-refractivity contribution in [3.63, 3.8) is 0 Å². The number of hydrogen-bond acceptors (Lipinski definition) is 4. The van der Waals surface area contributed by atoms with E-state index in [2.05, 4.69) is 5.16 Å². The van der Waals surface area contributed by atoms with Gasteiger partial charge in [-0.05, 0) is 42.0 Å². The van der Waals surface area contributed by atoms with Gasteiger partial charge in [0.15, 0.2) is 0 Å². The molecule has 3 aromatic rings. The number of carbonyl (C=O) groups is 1. The average Bonchev–Trinajstić information content (AvgIpc) is 3.24. The summed E-state index contributed by atoms with van der Waals surface area (Å²) in [6.45, 7) is 1.76. The van der Waals surface area contributed by atoms with Crippen LogP contribution in [0, 0.1) is 0 Å². The molecule has 1 atom stereocenters. The van der Waals surface area contributed by atoms with Crippen molar-refractivity contribution in [2.75, 3.05) is 6.61 Å². The molecular weight excluding hydrogens is 500 g/mol. The van der Waals surface area contributed by atoms with Crippen LogP contribution in [0.3, 0.4) is 0 Å². The van der Waals surface area contributed by atoms with E-state index in [4.69, 9.17) is 21.2 Å². The van der Waals surface area contributed by atoms with Crippen molar-refractivity contribution in [1.29, 1.82) is 0 Å². The number of hydrogen-bond donors (Lipinski definition) is 0. The van der Waals surface area contributed by atoms with Gasteiger partial charge in [0.1, 0.15) is 0 Å². The molecule has 1 heterocycles. The monoisotopic (exact) mass is 515 g/mol. The minimum Gasteiger partial charge on any atom is -0.462 e. The van der Waals surface area contributed by atoms with Gasteiger partial charge < -0.3 is 9.57 Å². The molecule has 1 aliphatic rings. The lowest BCUT2D eigenvalue weighted by molar-refractivity contribution is -0.276. The zero-order chi connectivity index (χ0) is 25.6. The van der Waals surface area contributed by atoms with E-state index in [9.17, 15) is 31.1 Å². The zero-order valence-corrected chi connectivity index (χ0v) is 18.7. The first-order valence-corrected chi connectivity index (χ1v) is 10.6. The number of fused-ring (bicyclic) bond motifs is 1. The van der Waals surface area contributed by atoms with Gasteiger partial charge >= 0.3 is 18.3 Å². The van der Waals surface area contributed by atoms with E-state index in [1.54, 1.807) is 31.2 Å². The van der Waals surface area contributed by atoms with Crippen molar-refractivity contribution in [2.24, 2.45) is 5.16 Å². The molecule has 0 N–H and O–H groups in total. The van der Waals surface area contributed by atoms with E-state index in [0.717, 1.165) is 6.07 Å². The lowest BCUT2D eigenvalue weighted by atomic mass is 9.84. The number of carbonyl (C=O) groups excluding carboxylic acids is 1. The molecule has 0 fully saturated rings. The topological polar surface area (TPSA) is 47.9 Å². The zero-order valence-electron chi connectivity index (χ0n) is 17.9.